The van der Waals surface area contributed by atoms with Crippen LogP contribution in [0.15, 0.2) is 41.3 Å². The first-order chi connectivity index (χ1) is 14.7. The number of nitrogens with one attached hydrogen (secondary N) is 2. The van der Waals surface area contributed by atoms with Crippen molar-refractivity contribution < 1.29 is 18.0 Å². The number of nitrogens with zero attached hydrogens (tertiary/aromatic N) is 1. The van der Waals surface area contributed by atoms with E-state index in [4.69, 9.17) is 0 Å². The summed E-state index contributed by atoms with van der Waals surface area (Å²) in [5, 5.41) is 5.75. The normalized spacial score (nSPS) is 17.7. The first-order valence-corrected chi connectivity index (χ1v) is 12.0. The van der Waals surface area contributed by atoms with E-state index in [0.717, 1.165) is 22.4 Å². The smallest absolute Gasteiger partial charge is 0.243 e. The van der Waals surface area contributed by atoms with Crippen LogP contribution in [-0.2, 0) is 26.0 Å². The summed E-state index contributed by atoms with van der Waals surface area (Å²) >= 11 is 0. The Labute approximate surface area is 182 Å². The molecule has 1 saturated heterocycles. The van der Waals surface area contributed by atoms with Crippen LogP contribution < -0.4 is 10.6 Å². The van der Waals surface area contributed by atoms with Crippen LogP contribution in [0.2, 0.25) is 0 Å². The number of hydrogen-bond acceptors (Lipinski definition) is 4. The van der Waals surface area contributed by atoms with Gasteiger partial charge in [-0.15, -0.1) is 0 Å². The Hall–Kier alpha value is -2.71. The number of carbonyl (C=O) groups is 2. The second-order valence-corrected chi connectivity index (χ2v) is 10.3. The molecule has 2 aliphatic heterocycles. The molecule has 0 unspecified atom stereocenters. The fourth-order valence-electron chi connectivity index (χ4n) is 4.32. The van der Waals surface area contributed by atoms with Gasteiger partial charge in [-0.1, -0.05) is 6.07 Å². The summed E-state index contributed by atoms with van der Waals surface area (Å²) in [6, 6.07) is 10.8. The molecule has 0 bridgehead atoms. The summed E-state index contributed by atoms with van der Waals surface area (Å²) in [4.78, 5) is 24.4. The van der Waals surface area contributed by atoms with Crippen LogP contribution in [0.25, 0.3) is 0 Å². The van der Waals surface area contributed by atoms with Crippen molar-refractivity contribution in [2.24, 2.45) is 5.92 Å². The summed E-state index contributed by atoms with van der Waals surface area (Å²) in [7, 11) is -3.64. The molecule has 8 heteroatoms. The molecule has 0 aromatic heterocycles. The molecule has 0 saturated carbocycles. The molecule has 4 rings (SSSR count). The van der Waals surface area contributed by atoms with Crippen molar-refractivity contribution in [2.45, 2.75) is 44.4 Å². The van der Waals surface area contributed by atoms with Crippen molar-refractivity contribution in [1.82, 2.24) is 4.31 Å². The number of anilines is 2. The van der Waals surface area contributed by atoms with Gasteiger partial charge in [0.05, 0.1) is 4.90 Å². The second-order valence-electron chi connectivity index (χ2n) is 8.41. The molecule has 2 heterocycles. The molecule has 0 radical (unpaired) electrons. The average molecular weight is 442 g/mol. The molecule has 0 aliphatic carbocycles. The van der Waals surface area contributed by atoms with Crippen LogP contribution >= 0.6 is 0 Å². The van der Waals surface area contributed by atoms with Gasteiger partial charge in [0.1, 0.15) is 0 Å². The molecule has 2 aromatic carbocycles. The lowest BCUT2D eigenvalue weighted by atomic mass is 9.97. The Bertz CT molecular complexity index is 1120. The Morgan fingerprint density at radius 3 is 2.39 bits per heavy atom. The topological polar surface area (TPSA) is 95.6 Å². The lowest BCUT2D eigenvalue weighted by Gasteiger charge is -2.31. The Morgan fingerprint density at radius 2 is 1.71 bits per heavy atom. The fraction of sp³-hybridized carbons (Fsp3) is 0.391. The van der Waals surface area contributed by atoms with Gasteiger partial charge in [-0.3, -0.25) is 9.59 Å². The third-order valence-corrected chi connectivity index (χ3v) is 7.82. The van der Waals surface area contributed by atoms with Gasteiger partial charge in [-0.2, -0.15) is 4.31 Å². The number of fused-ring (bicyclic) bond motifs is 1. The standard InChI is InChI=1S/C23H27N3O4S/c1-15-11-16(2)13-19(12-15)24-23(28)17-7-9-26(10-8-17)31(29,30)20-4-5-21-18(14-20)3-6-22(27)25-21/h4-5,11-14,17H,3,6-10H2,1-2H3,(H,24,28)(H,25,27). The van der Waals surface area contributed by atoms with Crippen molar-refractivity contribution in [1.29, 1.82) is 0 Å². The van der Waals surface area contributed by atoms with Crippen molar-refractivity contribution in [3.05, 3.63) is 53.1 Å². The number of hydrogen-bond donors (Lipinski definition) is 2. The van der Waals surface area contributed by atoms with Gasteiger partial charge in [0, 0.05) is 36.8 Å². The minimum Gasteiger partial charge on any atom is -0.326 e. The summed E-state index contributed by atoms with van der Waals surface area (Å²) in [6.07, 6.45) is 1.86. The van der Waals surface area contributed by atoms with Crippen LogP contribution in [-0.4, -0.2) is 37.6 Å². The number of carbonyl (C=O) groups excluding carboxylic acids is 2. The highest BCUT2D eigenvalue weighted by atomic mass is 32.2. The molecule has 31 heavy (non-hydrogen) atoms. The first-order valence-electron chi connectivity index (χ1n) is 10.5. The Kier molecular flexibility index (Phi) is 5.85. The van der Waals surface area contributed by atoms with Crippen molar-refractivity contribution in [3.8, 4) is 0 Å². The van der Waals surface area contributed by atoms with Gasteiger partial charge >= 0.3 is 0 Å². The molecule has 1 fully saturated rings. The van der Waals surface area contributed by atoms with E-state index in [0.29, 0.717) is 44.5 Å². The van der Waals surface area contributed by atoms with E-state index in [1.165, 1.54) is 4.31 Å². The number of amides is 2. The minimum absolute atomic E-state index is 0.0516. The second kappa shape index (κ2) is 8.43. The zero-order valence-electron chi connectivity index (χ0n) is 17.8. The number of piperidine rings is 1. The predicted molar refractivity (Wildman–Crippen MR) is 119 cm³/mol. The highest BCUT2D eigenvalue weighted by Gasteiger charge is 2.32. The number of rotatable bonds is 4. The summed E-state index contributed by atoms with van der Waals surface area (Å²) < 4.78 is 27.7. The predicted octanol–water partition coefficient (Wildman–Crippen LogP) is 3.23. The zero-order valence-corrected chi connectivity index (χ0v) is 18.6. The van der Waals surface area contributed by atoms with E-state index in [2.05, 4.69) is 10.6 Å². The summed E-state index contributed by atoms with van der Waals surface area (Å²) in [5.41, 5.74) is 4.46. The lowest BCUT2D eigenvalue weighted by molar-refractivity contribution is -0.121. The van der Waals surface area contributed by atoms with Crippen LogP contribution in [0, 0.1) is 19.8 Å². The maximum absolute atomic E-state index is 13.1. The first kappa shape index (κ1) is 21.5. The van der Waals surface area contributed by atoms with E-state index >= 15 is 0 Å². The highest BCUT2D eigenvalue weighted by molar-refractivity contribution is 7.89. The van der Waals surface area contributed by atoms with Crippen molar-refractivity contribution in [2.75, 3.05) is 23.7 Å². The SMILES string of the molecule is Cc1cc(C)cc(NC(=O)C2CCN(S(=O)(=O)c3ccc4c(c3)CCC(=O)N4)CC2)c1. The van der Waals surface area contributed by atoms with E-state index in [1.807, 2.05) is 32.0 Å². The number of aryl methyl sites for hydroxylation is 3. The van der Waals surface area contributed by atoms with Crippen LogP contribution in [0.5, 0.6) is 0 Å². The number of sulfonamides is 1. The fourth-order valence-corrected chi connectivity index (χ4v) is 5.84. The molecule has 0 atom stereocenters. The van der Waals surface area contributed by atoms with E-state index in [-0.39, 0.29) is 22.6 Å². The summed E-state index contributed by atoms with van der Waals surface area (Å²) in [6.45, 7) is 4.59. The molecule has 2 aliphatic rings. The Balaban J connectivity index is 1.41. The summed E-state index contributed by atoms with van der Waals surface area (Å²) in [5.74, 6) is -0.332. The maximum atomic E-state index is 13.1. The van der Waals surface area contributed by atoms with Gasteiger partial charge in [-0.05, 0) is 80.1 Å². The third-order valence-electron chi connectivity index (χ3n) is 5.92. The molecule has 2 N–H and O–H groups in total. The monoisotopic (exact) mass is 441 g/mol. The van der Waals surface area contributed by atoms with E-state index in [1.54, 1.807) is 18.2 Å². The van der Waals surface area contributed by atoms with Crippen LogP contribution in [0.3, 0.4) is 0 Å². The molecule has 2 amide bonds. The molecule has 7 nitrogen and oxygen atoms in total. The molecular weight excluding hydrogens is 414 g/mol. The van der Waals surface area contributed by atoms with Gasteiger partial charge in [-0.25, -0.2) is 8.42 Å². The van der Waals surface area contributed by atoms with Crippen LogP contribution in [0.4, 0.5) is 11.4 Å². The molecular formula is C23H27N3O4S. The van der Waals surface area contributed by atoms with E-state index in [9.17, 15) is 18.0 Å². The Morgan fingerprint density at radius 1 is 1.03 bits per heavy atom. The largest absolute Gasteiger partial charge is 0.326 e. The van der Waals surface area contributed by atoms with Gasteiger partial charge in [0.2, 0.25) is 21.8 Å². The lowest BCUT2D eigenvalue weighted by Crippen LogP contribution is -2.41. The number of benzene rings is 2. The van der Waals surface area contributed by atoms with Gasteiger partial charge < -0.3 is 10.6 Å². The zero-order chi connectivity index (χ0) is 22.2. The quantitative estimate of drug-likeness (QED) is 0.762. The molecule has 0 spiro atoms. The van der Waals surface area contributed by atoms with E-state index < -0.39 is 10.0 Å². The van der Waals surface area contributed by atoms with Crippen molar-refractivity contribution in [3.63, 3.8) is 0 Å². The van der Waals surface area contributed by atoms with Crippen molar-refractivity contribution >= 4 is 33.2 Å². The van der Waals surface area contributed by atoms with Gasteiger partial charge in [0.25, 0.3) is 0 Å². The van der Waals surface area contributed by atoms with Crippen LogP contribution in [0.1, 0.15) is 36.0 Å². The minimum atomic E-state index is -3.64. The molecule has 2 aromatic rings. The average Bonchev–Trinajstić information content (AvgIpc) is 2.72. The van der Waals surface area contributed by atoms with Gasteiger partial charge in [0.15, 0.2) is 0 Å². The highest BCUT2D eigenvalue weighted by Crippen LogP contribution is 2.29. The molecule has 164 valence electrons. The maximum Gasteiger partial charge on any atom is 0.243 e. The third kappa shape index (κ3) is 4.65.